The normalized spacial score (nSPS) is 31.8. The fraction of sp³-hybridized carbons (Fsp3) is 0.800. The lowest BCUT2D eigenvalue weighted by molar-refractivity contribution is -0.192. The number of carbonyl (C=O) groups is 1. The summed E-state index contributed by atoms with van der Waals surface area (Å²) in [4.78, 5) is 11.9. The Morgan fingerprint density at radius 1 is 1.28 bits per heavy atom. The van der Waals surface area contributed by atoms with E-state index in [0.29, 0.717) is 18.4 Å². The predicted octanol–water partition coefficient (Wildman–Crippen LogP) is 2.81. The number of amides is 1. The summed E-state index contributed by atoms with van der Waals surface area (Å²) in [5.41, 5.74) is -0.149. The highest BCUT2D eigenvalue weighted by Gasteiger charge is 2.42. The maximum Gasteiger partial charge on any atom is 0.223 e. The Bertz CT molecular complexity index is 330. The van der Waals surface area contributed by atoms with Gasteiger partial charge in [0.15, 0.2) is 0 Å². The highest BCUT2D eigenvalue weighted by Crippen LogP contribution is 2.38. The molecule has 102 valence electrons. The Labute approximate surface area is 110 Å². The van der Waals surface area contributed by atoms with Crippen LogP contribution >= 0.6 is 0 Å². The van der Waals surface area contributed by atoms with Crippen LogP contribution in [0.2, 0.25) is 0 Å². The smallest absolute Gasteiger partial charge is 0.223 e. The van der Waals surface area contributed by atoms with Crippen molar-refractivity contribution in [2.45, 2.75) is 70.6 Å². The topological polar surface area (TPSA) is 38.3 Å². The maximum atomic E-state index is 11.9. The zero-order valence-electron chi connectivity index (χ0n) is 11.7. The minimum Gasteiger partial charge on any atom is -0.374 e. The van der Waals surface area contributed by atoms with Crippen molar-refractivity contribution in [2.24, 2.45) is 5.92 Å². The van der Waals surface area contributed by atoms with Crippen molar-refractivity contribution >= 4 is 5.91 Å². The quantitative estimate of drug-likeness (QED) is 0.766. The first-order valence-electron chi connectivity index (χ1n) is 7.07. The molecule has 0 radical (unpaired) electrons. The van der Waals surface area contributed by atoms with Gasteiger partial charge in [-0.3, -0.25) is 4.79 Å². The van der Waals surface area contributed by atoms with Gasteiger partial charge in [-0.15, -0.1) is 0 Å². The Hall–Kier alpha value is -0.830. The van der Waals surface area contributed by atoms with Crippen molar-refractivity contribution in [3.05, 3.63) is 12.2 Å². The molecule has 1 heterocycles. The lowest BCUT2D eigenvalue weighted by Gasteiger charge is -2.45. The molecule has 18 heavy (non-hydrogen) atoms. The summed E-state index contributed by atoms with van der Waals surface area (Å²) in [5, 5.41) is 3.01. The van der Waals surface area contributed by atoms with E-state index in [1.807, 2.05) is 20.8 Å². The lowest BCUT2D eigenvalue weighted by atomic mass is 9.80. The highest BCUT2D eigenvalue weighted by molar-refractivity contribution is 5.77. The van der Waals surface area contributed by atoms with Crippen molar-refractivity contribution < 1.29 is 9.53 Å². The van der Waals surface area contributed by atoms with Gasteiger partial charge in [-0.25, -0.2) is 0 Å². The van der Waals surface area contributed by atoms with Gasteiger partial charge in [-0.2, -0.15) is 0 Å². The average molecular weight is 251 g/mol. The number of allylic oxidation sites excluding steroid dienone is 2. The molecular formula is C15H25NO2. The van der Waals surface area contributed by atoms with Crippen molar-refractivity contribution in [3.63, 3.8) is 0 Å². The van der Waals surface area contributed by atoms with Gasteiger partial charge in [0.2, 0.25) is 5.91 Å². The molecule has 3 atom stereocenters. The van der Waals surface area contributed by atoms with Crippen LogP contribution in [0.4, 0.5) is 0 Å². The van der Waals surface area contributed by atoms with Crippen LogP contribution in [0.3, 0.4) is 0 Å². The van der Waals surface area contributed by atoms with E-state index in [-0.39, 0.29) is 17.6 Å². The van der Waals surface area contributed by atoms with Crippen molar-refractivity contribution in [3.8, 4) is 0 Å². The van der Waals surface area contributed by atoms with Crippen LogP contribution in [-0.4, -0.2) is 23.7 Å². The van der Waals surface area contributed by atoms with Gasteiger partial charge in [0.05, 0.1) is 18.6 Å². The summed E-state index contributed by atoms with van der Waals surface area (Å²) in [7, 11) is 0. The molecule has 1 aliphatic carbocycles. The number of hydrogen-bond donors (Lipinski definition) is 1. The SMILES string of the molecule is CC(C)(C)NC(=O)CC1OC2CCC=CCCC21. The fourth-order valence-corrected chi connectivity index (χ4v) is 2.87. The average Bonchev–Trinajstić information content (AvgIpc) is 2.18. The van der Waals surface area contributed by atoms with Crippen LogP contribution in [0.15, 0.2) is 12.2 Å². The standard InChI is InChI=1S/C15H25NO2/c1-15(2,3)16-14(17)10-13-11-8-6-4-5-7-9-12(11)18-13/h4-5,11-13H,6-10H2,1-3H3,(H,16,17). The van der Waals surface area contributed by atoms with Crippen molar-refractivity contribution in [2.75, 3.05) is 0 Å². The first kappa shape index (κ1) is 13.6. The van der Waals surface area contributed by atoms with Gasteiger partial charge >= 0.3 is 0 Å². The second-order valence-electron chi connectivity index (χ2n) is 6.51. The van der Waals surface area contributed by atoms with E-state index >= 15 is 0 Å². The van der Waals surface area contributed by atoms with E-state index in [0.717, 1.165) is 25.7 Å². The van der Waals surface area contributed by atoms with Crippen LogP contribution in [0.5, 0.6) is 0 Å². The molecule has 1 saturated heterocycles. The van der Waals surface area contributed by atoms with E-state index in [1.165, 1.54) is 0 Å². The van der Waals surface area contributed by atoms with E-state index in [9.17, 15) is 4.79 Å². The molecular weight excluding hydrogens is 226 g/mol. The van der Waals surface area contributed by atoms with Gasteiger partial charge in [0.25, 0.3) is 0 Å². The van der Waals surface area contributed by atoms with Crippen LogP contribution in [-0.2, 0) is 9.53 Å². The minimum absolute atomic E-state index is 0.114. The third-order valence-corrected chi connectivity index (χ3v) is 3.66. The molecule has 0 aromatic rings. The predicted molar refractivity (Wildman–Crippen MR) is 72.3 cm³/mol. The zero-order chi connectivity index (χ0) is 13.2. The number of nitrogens with one attached hydrogen (secondary N) is 1. The van der Waals surface area contributed by atoms with E-state index in [4.69, 9.17) is 4.74 Å². The molecule has 0 bridgehead atoms. The fourth-order valence-electron chi connectivity index (χ4n) is 2.87. The molecule has 3 unspecified atom stereocenters. The Morgan fingerprint density at radius 2 is 1.94 bits per heavy atom. The molecule has 2 aliphatic rings. The van der Waals surface area contributed by atoms with E-state index in [1.54, 1.807) is 0 Å². The summed E-state index contributed by atoms with van der Waals surface area (Å²) in [6.45, 7) is 6.03. The van der Waals surface area contributed by atoms with Crippen molar-refractivity contribution in [1.82, 2.24) is 5.32 Å². The first-order chi connectivity index (χ1) is 8.46. The number of hydrogen-bond acceptors (Lipinski definition) is 2. The molecule has 0 spiro atoms. The third-order valence-electron chi connectivity index (χ3n) is 3.66. The van der Waals surface area contributed by atoms with Crippen LogP contribution in [0.25, 0.3) is 0 Å². The van der Waals surface area contributed by atoms with Gasteiger partial charge in [-0.1, -0.05) is 12.2 Å². The highest BCUT2D eigenvalue weighted by atomic mass is 16.5. The van der Waals surface area contributed by atoms with Crippen LogP contribution in [0, 0.1) is 5.92 Å². The molecule has 0 saturated carbocycles. The van der Waals surface area contributed by atoms with Gasteiger partial charge in [0.1, 0.15) is 0 Å². The van der Waals surface area contributed by atoms with Crippen molar-refractivity contribution in [1.29, 1.82) is 0 Å². The summed E-state index contributed by atoms with van der Waals surface area (Å²) in [5.74, 6) is 0.698. The van der Waals surface area contributed by atoms with Crippen LogP contribution < -0.4 is 5.32 Å². The maximum absolute atomic E-state index is 11.9. The molecule has 1 aliphatic heterocycles. The monoisotopic (exact) mass is 251 g/mol. The summed E-state index contributed by atoms with van der Waals surface area (Å²) >= 11 is 0. The summed E-state index contributed by atoms with van der Waals surface area (Å²) < 4.78 is 5.87. The Morgan fingerprint density at radius 3 is 2.61 bits per heavy atom. The van der Waals surface area contributed by atoms with Crippen LogP contribution in [0.1, 0.15) is 52.9 Å². The Kier molecular flexibility index (Phi) is 4.10. The minimum atomic E-state index is -0.149. The number of fused-ring (bicyclic) bond motifs is 1. The van der Waals surface area contributed by atoms with Gasteiger partial charge < -0.3 is 10.1 Å². The molecule has 3 heteroatoms. The molecule has 2 rings (SSSR count). The first-order valence-corrected chi connectivity index (χ1v) is 7.07. The zero-order valence-corrected chi connectivity index (χ0v) is 11.7. The summed E-state index contributed by atoms with van der Waals surface area (Å²) in [6.07, 6.45) is 10.1. The molecule has 1 N–H and O–H groups in total. The largest absolute Gasteiger partial charge is 0.374 e. The lowest BCUT2D eigenvalue weighted by Crippen LogP contribution is -2.52. The second-order valence-corrected chi connectivity index (χ2v) is 6.51. The molecule has 3 nitrogen and oxygen atoms in total. The molecule has 0 aromatic carbocycles. The van der Waals surface area contributed by atoms with E-state index < -0.39 is 0 Å². The van der Waals surface area contributed by atoms with Gasteiger partial charge in [-0.05, 0) is 46.5 Å². The Balaban J connectivity index is 1.81. The molecule has 1 amide bonds. The van der Waals surface area contributed by atoms with E-state index in [2.05, 4.69) is 17.5 Å². The molecule has 1 fully saturated rings. The number of ether oxygens (including phenoxy) is 1. The summed E-state index contributed by atoms with van der Waals surface area (Å²) in [6, 6.07) is 0. The number of carbonyl (C=O) groups excluding carboxylic acids is 1. The third kappa shape index (κ3) is 3.58. The molecule has 0 aromatic heterocycles. The van der Waals surface area contributed by atoms with Gasteiger partial charge in [0, 0.05) is 11.5 Å². The second kappa shape index (κ2) is 5.43. The number of rotatable bonds is 2.